The number of hydrogen-bond acceptors (Lipinski definition) is 3. The summed E-state index contributed by atoms with van der Waals surface area (Å²) in [5, 5.41) is 7.12. The van der Waals surface area contributed by atoms with E-state index in [9.17, 15) is 4.79 Å². The van der Waals surface area contributed by atoms with E-state index in [1.54, 1.807) is 4.68 Å². The molecular formula is C18H25N3O2. The summed E-state index contributed by atoms with van der Waals surface area (Å²) < 4.78 is 7.46. The van der Waals surface area contributed by atoms with E-state index in [4.69, 9.17) is 4.74 Å². The van der Waals surface area contributed by atoms with Gasteiger partial charge in [0.2, 0.25) is 5.91 Å². The van der Waals surface area contributed by atoms with E-state index >= 15 is 0 Å². The van der Waals surface area contributed by atoms with Gasteiger partial charge < -0.3 is 10.1 Å². The third-order valence-electron chi connectivity index (χ3n) is 3.73. The molecule has 23 heavy (non-hydrogen) atoms. The lowest BCUT2D eigenvalue weighted by Crippen LogP contribution is -2.31. The third kappa shape index (κ3) is 5.43. The molecule has 0 saturated carbocycles. The van der Waals surface area contributed by atoms with E-state index in [1.165, 1.54) is 0 Å². The fourth-order valence-electron chi connectivity index (χ4n) is 2.19. The van der Waals surface area contributed by atoms with Gasteiger partial charge in [-0.2, -0.15) is 5.10 Å². The Kier molecular flexibility index (Phi) is 6.20. The predicted octanol–water partition coefficient (Wildman–Crippen LogP) is 3.16. The van der Waals surface area contributed by atoms with Gasteiger partial charge in [-0.25, -0.2) is 0 Å². The van der Waals surface area contributed by atoms with Crippen molar-refractivity contribution in [2.75, 3.05) is 6.61 Å². The number of aryl methyl sites for hydroxylation is 1. The lowest BCUT2D eigenvalue weighted by atomic mass is 10.1. The number of carbonyl (C=O) groups excluding carboxylic acids is 1. The van der Waals surface area contributed by atoms with E-state index in [-0.39, 0.29) is 11.9 Å². The van der Waals surface area contributed by atoms with Crippen LogP contribution in [0.3, 0.4) is 0 Å². The van der Waals surface area contributed by atoms with Crippen molar-refractivity contribution >= 4 is 5.91 Å². The van der Waals surface area contributed by atoms with Gasteiger partial charge in [-0.1, -0.05) is 19.1 Å². The zero-order valence-corrected chi connectivity index (χ0v) is 14.1. The lowest BCUT2D eigenvalue weighted by Gasteiger charge is -2.11. The Hall–Kier alpha value is -2.30. The summed E-state index contributed by atoms with van der Waals surface area (Å²) in [5.41, 5.74) is 2.19. The van der Waals surface area contributed by atoms with Gasteiger partial charge in [0.1, 0.15) is 5.75 Å². The molecule has 0 aliphatic rings. The molecule has 2 aromatic rings. The van der Waals surface area contributed by atoms with Crippen molar-refractivity contribution in [3.05, 3.63) is 36.7 Å². The van der Waals surface area contributed by atoms with Crippen molar-refractivity contribution in [2.24, 2.45) is 7.05 Å². The Morgan fingerprint density at radius 2 is 2.04 bits per heavy atom. The first-order valence-corrected chi connectivity index (χ1v) is 8.09. The van der Waals surface area contributed by atoms with Crippen LogP contribution in [0, 0.1) is 0 Å². The van der Waals surface area contributed by atoms with Gasteiger partial charge >= 0.3 is 0 Å². The maximum absolute atomic E-state index is 11.7. The van der Waals surface area contributed by atoms with Crippen LogP contribution >= 0.6 is 0 Å². The summed E-state index contributed by atoms with van der Waals surface area (Å²) in [7, 11) is 1.90. The van der Waals surface area contributed by atoms with E-state index < -0.39 is 0 Å². The Bertz CT molecular complexity index is 619. The first-order valence-electron chi connectivity index (χ1n) is 8.09. The second-order valence-corrected chi connectivity index (χ2v) is 5.76. The maximum atomic E-state index is 11.7. The second-order valence-electron chi connectivity index (χ2n) is 5.76. The van der Waals surface area contributed by atoms with Gasteiger partial charge in [-0.05, 0) is 37.5 Å². The highest BCUT2D eigenvalue weighted by molar-refractivity contribution is 5.76. The minimum Gasteiger partial charge on any atom is -0.494 e. The molecule has 1 aromatic carbocycles. The molecule has 0 aliphatic carbocycles. The van der Waals surface area contributed by atoms with Crippen LogP contribution in [0.25, 0.3) is 11.1 Å². The van der Waals surface area contributed by atoms with Gasteiger partial charge in [-0.15, -0.1) is 0 Å². The molecule has 0 saturated heterocycles. The summed E-state index contributed by atoms with van der Waals surface area (Å²) in [4.78, 5) is 11.7. The predicted molar refractivity (Wildman–Crippen MR) is 91.3 cm³/mol. The molecule has 5 nitrogen and oxygen atoms in total. The Morgan fingerprint density at radius 1 is 1.30 bits per heavy atom. The fourth-order valence-corrected chi connectivity index (χ4v) is 2.19. The molecular weight excluding hydrogens is 290 g/mol. The highest BCUT2D eigenvalue weighted by Crippen LogP contribution is 2.21. The van der Waals surface area contributed by atoms with Gasteiger partial charge in [0.05, 0.1) is 12.8 Å². The first-order chi connectivity index (χ1) is 11.1. The van der Waals surface area contributed by atoms with Crippen LogP contribution in [0.1, 0.15) is 33.1 Å². The number of aromatic nitrogens is 2. The summed E-state index contributed by atoms with van der Waals surface area (Å²) >= 11 is 0. The van der Waals surface area contributed by atoms with E-state index in [0.717, 1.165) is 23.3 Å². The maximum Gasteiger partial charge on any atom is 0.220 e. The Morgan fingerprint density at radius 3 is 2.65 bits per heavy atom. The van der Waals surface area contributed by atoms with Crippen molar-refractivity contribution in [1.29, 1.82) is 0 Å². The topological polar surface area (TPSA) is 56.1 Å². The van der Waals surface area contributed by atoms with Crippen LogP contribution in [0.15, 0.2) is 36.7 Å². The minimum atomic E-state index is 0.0925. The standard InChI is InChI=1S/C18H25N3O2/c1-4-14(2)20-18(22)6-5-11-23-17-9-7-15(8-10-17)16-12-19-21(3)13-16/h7-10,12-14H,4-6,11H2,1-3H3,(H,20,22)/t14-/m0/s1. The lowest BCUT2D eigenvalue weighted by molar-refractivity contribution is -0.121. The highest BCUT2D eigenvalue weighted by Gasteiger charge is 2.05. The number of hydrogen-bond donors (Lipinski definition) is 1. The van der Waals surface area contributed by atoms with Crippen molar-refractivity contribution in [2.45, 2.75) is 39.2 Å². The monoisotopic (exact) mass is 315 g/mol. The number of benzene rings is 1. The number of carbonyl (C=O) groups is 1. The molecule has 0 fully saturated rings. The van der Waals surface area contributed by atoms with Crippen molar-refractivity contribution in [3.63, 3.8) is 0 Å². The first kappa shape index (κ1) is 17.1. The molecule has 1 atom stereocenters. The number of rotatable bonds is 8. The number of amides is 1. The molecule has 1 heterocycles. The smallest absolute Gasteiger partial charge is 0.220 e. The molecule has 1 N–H and O–H groups in total. The quantitative estimate of drug-likeness (QED) is 0.761. The number of ether oxygens (including phenoxy) is 1. The Balaban J connectivity index is 1.73. The highest BCUT2D eigenvalue weighted by atomic mass is 16.5. The van der Waals surface area contributed by atoms with Gasteiger partial charge in [0.15, 0.2) is 0 Å². The molecule has 1 aromatic heterocycles. The average molecular weight is 315 g/mol. The van der Waals surface area contributed by atoms with Crippen LogP contribution in [0.2, 0.25) is 0 Å². The van der Waals surface area contributed by atoms with Gasteiger partial charge in [0.25, 0.3) is 0 Å². The number of nitrogens with one attached hydrogen (secondary N) is 1. The molecule has 0 aliphatic heterocycles. The SMILES string of the molecule is CC[C@H](C)NC(=O)CCCOc1ccc(-c2cnn(C)c2)cc1. The summed E-state index contributed by atoms with van der Waals surface area (Å²) in [5.74, 6) is 0.912. The van der Waals surface area contributed by atoms with Crippen LogP contribution in [0.5, 0.6) is 5.75 Å². The zero-order valence-electron chi connectivity index (χ0n) is 14.1. The molecule has 2 rings (SSSR count). The van der Waals surface area contributed by atoms with E-state index in [2.05, 4.69) is 17.3 Å². The molecule has 5 heteroatoms. The Labute approximate surface area is 137 Å². The normalized spacial score (nSPS) is 12.0. The van der Waals surface area contributed by atoms with Crippen LogP contribution in [-0.4, -0.2) is 28.3 Å². The minimum absolute atomic E-state index is 0.0925. The van der Waals surface area contributed by atoms with Crippen molar-refractivity contribution in [3.8, 4) is 16.9 Å². The fraction of sp³-hybridized carbons (Fsp3) is 0.444. The summed E-state index contributed by atoms with van der Waals surface area (Å²) in [6.07, 6.45) is 5.98. The average Bonchev–Trinajstić information content (AvgIpc) is 2.98. The molecule has 124 valence electrons. The largest absolute Gasteiger partial charge is 0.494 e. The second kappa shape index (κ2) is 8.36. The summed E-state index contributed by atoms with van der Waals surface area (Å²) in [6, 6.07) is 8.16. The van der Waals surface area contributed by atoms with Gasteiger partial charge in [-0.3, -0.25) is 9.48 Å². The van der Waals surface area contributed by atoms with Gasteiger partial charge in [0, 0.05) is 31.3 Å². The molecule has 0 radical (unpaired) electrons. The molecule has 1 amide bonds. The van der Waals surface area contributed by atoms with E-state index in [1.807, 2.05) is 50.6 Å². The van der Waals surface area contributed by atoms with Crippen LogP contribution < -0.4 is 10.1 Å². The molecule has 0 unspecified atom stereocenters. The van der Waals surface area contributed by atoms with Crippen LogP contribution in [-0.2, 0) is 11.8 Å². The van der Waals surface area contributed by atoms with Crippen LogP contribution in [0.4, 0.5) is 0 Å². The van der Waals surface area contributed by atoms with Crippen molar-refractivity contribution in [1.82, 2.24) is 15.1 Å². The van der Waals surface area contributed by atoms with E-state index in [0.29, 0.717) is 19.4 Å². The number of nitrogens with zero attached hydrogens (tertiary/aromatic N) is 2. The molecule has 0 bridgehead atoms. The zero-order chi connectivity index (χ0) is 16.7. The van der Waals surface area contributed by atoms with Crippen molar-refractivity contribution < 1.29 is 9.53 Å². The third-order valence-corrected chi connectivity index (χ3v) is 3.73. The summed E-state index contributed by atoms with van der Waals surface area (Å²) in [6.45, 7) is 4.61. The molecule has 0 spiro atoms.